The van der Waals surface area contributed by atoms with Crippen molar-refractivity contribution in [2.45, 2.75) is 38.6 Å². The third-order valence-electron chi connectivity index (χ3n) is 3.94. The van der Waals surface area contributed by atoms with Crippen LogP contribution in [0.15, 0.2) is 18.2 Å². The Morgan fingerprint density at radius 1 is 1.27 bits per heavy atom. The van der Waals surface area contributed by atoms with E-state index in [1.807, 2.05) is 6.92 Å². The first-order valence-electron chi connectivity index (χ1n) is 7.11. The molecule has 2 rings (SSSR count). The van der Waals surface area contributed by atoms with Crippen LogP contribution in [0.5, 0.6) is 0 Å². The Kier molecular flexibility index (Phi) is 4.69. The number of likely N-dealkylation sites (tertiary alicyclic amines) is 1. The molecule has 0 radical (unpaired) electrons. The van der Waals surface area contributed by atoms with Gasteiger partial charge in [-0.15, -0.1) is 0 Å². The average molecular weight is 307 g/mol. The van der Waals surface area contributed by atoms with Gasteiger partial charge in [0.1, 0.15) is 0 Å². The largest absolute Gasteiger partial charge is 0.340 e. The van der Waals surface area contributed by atoms with E-state index in [9.17, 15) is 25.0 Å². The Morgan fingerprint density at radius 2 is 2.00 bits per heavy atom. The third-order valence-corrected chi connectivity index (χ3v) is 3.94. The first-order chi connectivity index (χ1) is 10.4. The van der Waals surface area contributed by atoms with Gasteiger partial charge in [0.15, 0.2) is 0 Å². The van der Waals surface area contributed by atoms with E-state index >= 15 is 0 Å². The van der Waals surface area contributed by atoms with Crippen molar-refractivity contribution in [3.05, 3.63) is 44.0 Å². The van der Waals surface area contributed by atoms with Gasteiger partial charge in [-0.3, -0.25) is 25.0 Å². The summed E-state index contributed by atoms with van der Waals surface area (Å²) in [7, 11) is 0. The zero-order chi connectivity index (χ0) is 16.3. The standard InChI is InChI=1S/C14H17N3O5/c1-10-4-2-3-7-15(10)14(18)8-11-5-6-12(16(19)20)9-13(11)17(21)22/h5-6,9-10H,2-4,7-8H2,1H3. The number of piperidine rings is 1. The normalized spacial score (nSPS) is 18.0. The lowest BCUT2D eigenvalue weighted by Crippen LogP contribution is -2.42. The molecule has 1 unspecified atom stereocenters. The number of carbonyl (C=O) groups excluding carboxylic acids is 1. The topological polar surface area (TPSA) is 107 Å². The molecular formula is C14H17N3O5. The van der Waals surface area contributed by atoms with Crippen molar-refractivity contribution in [2.75, 3.05) is 6.54 Å². The summed E-state index contributed by atoms with van der Waals surface area (Å²) >= 11 is 0. The maximum Gasteiger partial charge on any atom is 0.279 e. The number of hydrogen-bond acceptors (Lipinski definition) is 5. The zero-order valence-corrected chi connectivity index (χ0v) is 12.2. The number of rotatable bonds is 4. The highest BCUT2D eigenvalue weighted by molar-refractivity contribution is 5.80. The molecule has 8 heteroatoms. The molecule has 22 heavy (non-hydrogen) atoms. The van der Waals surface area contributed by atoms with Crippen LogP contribution in [0.25, 0.3) is 0 Å². The second kappa shape index (κ2) is 6.50. The predicted molar refractivity (Wildman–Crippen MR) is 78.5 cm³/mol. The minimum atomic E-state index is -0.689. The predicted octanol–water partition coefficient (Wildman–Crippen LogP) is 2.45. The van der Waals surface area contributed by atoms with Crippen LogP contribution in [0.2, 0.25) is 0 Å². The molecular weight excluding hydrogens is 290 g/mol. The molecule has 1 heterocycles. The van der Waals surface area contributed by atoms with Gasteiger partial charge < -0.3 is 4.90 Å². The molecule has 8 nitrogen and oxygen atoms in total. The van der Waals surface area contributed by atoms with Gasteiger partial charge >= 0.3 is 0 Å². The Bertz CT molecular complexity index is 616. The van der Waals surface area contributed by atoms with Crippen LogP contribution in [-0.4, -0.2) is 33.2 Å². The Morgan fingerprint density at radius 3 is 2.59 bits per heavy atom. The molecule has 1 atom stereocenters. The van der Waals surface area contributed by atoms with Gasteiger partial charge in [0.05, 0.1) is 22.3 Å². The molecule has 0 aromatic heterocycles. The van der Waals surface area contributed by atoms with E-state index < -0.39 is 9.85 Å². The van der Waals surface area contributed by atoms with E-state index in [1.54, 1.807) is 4.90 Å². The quantitative estimate of drug-likeness (QED) is 0.627. The molecule has 1 aliphatic heterocycles. The summed E-state index contributed by atoms with van der Waals surface area (Å²) in [6, 6.07) is 3.51. The molecule has 118 valence electrons. The molecule has 1 amide bonds. The van der Waals surface area contributed by atoms with E-state index in [0.29, 0.717) is 6.54 Å². The number of non-ortho nitro benzene ring substituents is 1. The van der Waals surface area contributed by atoms with Gasteiger partial charge in [0.2, 0.25) is 5.91 Å². The van der Waals surface area contributed by atoms with Crippen molar-refractivity contribution in [1.29, 1.82) is 0 Å². The van der Waals surface area contributed by atoms with Crippen molar-refractivity contribution in [2.24, 2.45) is 0 Å². The van der Waals surface area contributed by atoms with Crippen LogP contribution in [0.1, 0.15) is 31.7 Å². The lowest BCUT2D eigenvalue weighted by Gasteiger charge is -2.33. The molecule has 0 saturated carbocycles. The van der Waals surface area contributed by atoms with Crippen molar-refractivity contribution in [3.8, 4) is 0 Å². The first-order valence-corrected chi connectivity index (χ1v) is 7.11. The maximum atomic E-state index is 12.3. The number of benzene rings is 1. The molecule has 0 N–H and O–H groups in total. The van der Waals surface area contributed by atoms with E-state index in [1.165, 1.54) is 12.1 Å². The summed E-state index contributed by atoms with van der Waals surface area (Å²) in [4.78, 5) is 34.5. The van der Waals surface area contributed by atoms with Crippen LogP contribution in [-0.2, 0) is 11.2 Å². The van der Waals surface area contributed by atoms with Crippen LogP contribution >= 0.6 is 0 Å². The fourth-order valence-corrected chi connectivity index (χ4v) is 2.72. The number of amides is 1. The molecule has 0 aliphatic carbocycles. The zero-order valence-electron chi connectivity index (χ0n) is 12.2. The van der Waals surface area contributed by atoms with Gasteiger partial charge in [-0.2, -0.15) is 0 Å². The SMILES string of the molecule is CC1CCCCN1C(=O)Cc1ccc([N+](=O)[O-])cc1[N+](=O)[O-]. The highest BCUT2D eigenvalue weighted by Gasteiger charge is 2.26. The first kappa shape index (κ1) is 15.9. The van der Waals surface area contributed by atoms with Crippen molar-refractivity contribution in [3.63, 3.8) is 0 Å². The summed E-state index contributed by atoms with van der Waals surface area (Å²) in [5.74, 6) is -0.177. The number of nitro groups is 2. The van der Waals surface area contributed by atoms with Gasteiger partial charge in [-0.25, -0.2) is 0 Å². The van der Waals surface area contributed by atoms with E-state index in [-0.39, 0.29) is 35.3 Å². The minimum Gasteiger partial charge on any atom is -0.340 e. The van der Waals surface area contributed by atoms with Gasteiger partial charge in [0.25, 0.3) is 11.4 Å². The second-order valence-electron chi connectivity index (χ2n) is 5.44. The van der Waals surface area contributed by atoms with Gasteiger partial charge in [0, 0.05) is 24.2 Å². The van der Waals surface area contributed by atoms with Gasteiger partial charge in [-0.05, 0) is 32.3 Å². The smallest absolute Gasteiger partial charge is 0.279 e. The highest BCUT2D eigenvalue weighted by atomic mass is 16.6. The fourth-order valence-electron chi connectivity index (χ4n) is 2.72. The minimum absolute atomic E-state index is 0.112. The molecule has 1 fully saturated rings. The van der Waals surface area contributed by atoms with Crippen LogP contribution in [0.3, 0.4) is 0 Å². The third kappa shape index (κ3) is 3.38. The summed E-state index contributed by atoms with van der Waals surface area (Å²) in [6.45, 7) is 2.61. The molecule has 1 aromatic rings. The average Bonchev–Trinajstić information content (AvgIpc) is 2.47. The van der Waals surface area contributed by atoms with Crippen LogP contribution in [0.4, 0.5) is 11.4 Å². The monoisotopic (exact) mass is 307 g/mol. The summed E-state index contributed by atoms with van der Waals surface area (Å²) in [5.41, 5.74) is -0.528. The summed E-state index contributed by atoms with van der Waals surface area (Å²) in [5, 5.41) is 21.8. The lowest BCUT2D eigenvalue weighted by atomic mass is 10.0. The lowest BCUT2D eigenvalue weighted by molar-refractivity contribution is -0.394. The molecule has 0 spiro atoms. The summed E-state index contributed by atoms with van der Waals surface area (Å²) < 4.78 is 0. The van der Waals surface area contributed by atoms with Crippen molar-refractivity contribution >= 4 is 17.3 Å². The molecule has 1 aliphatic rings. The highest BCUT2D eigenvalue weighted by Crippen LogP contribution is 2.26. The fraction of sp³-hybridized carbons (Fsp3) is 0.500. The Balaban J connectivity index is 2.23. The number of carbonyl (C=O) groups is 1. The molecule has 1 saturated heterocycles. The molecule has 1 aromatic carbocycles. The summed E-state index contributed by atoms with van der Waals surface area (Å²) in [6.07, 6.45) is 2.81. The number of nitro benzene ring substituents is 2. The van der Waals surface area contributed by atoms with Crippen LogP contribution in [0, 0.1) is 20.2 Å². The van der Waals surface area contributed by atoms with Crippen LogP contribution < -0.4 is 0 Å². The second-order valence-corrected chi connectivity index (χ2v) is 5.44. The van der Waals surface area contributed by atoms with E-state index in [0.717, 1.165) is 25.3 Å². The number of nitrogens with zero attached hydrogens (tertiary/aromatic N) is 3. The Hall–Kier alpha value is -2.51. The van der Waals surface area contributed by atoms with Crippen molar-refractivity contribution in [1.82, 2.24) is 4.90 Å². The van der Waals surface area contributed by atoms with E-state index in [2.05, 4.69) is 0 Å². The molecule has 0 bridgehead atoms. The maximum absolute atomic E-state index is 12.3. The Labute approximate surface area is 127 Å². The van der Waals surface area contributed by atoms with Gasteiger partial charge in [-0.1, -0.05) is 0 Å². The number of hydrogen-bond donors (Lipinski definition) is 0. The van der Waals surface area contributed by atoms with Crippen molar-refractivity contribution < 1.29 is 14.6 Å². The van der Waals surface area contributed by atoms with E-state index in [4.69, 9.17) is 0 Å².